The lowest BCUT2D eigenvalue weighted by molar-refractivity contribution is -0.137. The quantitative estimate of drug-likeness (QED) is 0.768. The first-order chi connectivity index (χ1) is 8.43. The van der Waals surface area contributed by atoms with Crippen LogP contribution in [-0.4, -0.2) is 13.1 Å². The lowest BCUT2D eigenvalue weighted by atomic mass is 10.1. The fourth-order valence-electron chi connectivity index (χ4n) is 1.64. The van der Waals surface area contributed by atoms with Gasteiger partial charge in [-0.25, -0.2) is 0 Å². The van der Waals surface area contributed by atoms with Crippen molar-refractivity contribution in [3.8, 4) is 6.07 Å². The monoisotopic (exact) mass is 254 g/mol. The molecule has 0 aromatic heterocycles. The van der Waals surface area contributed by atoms with Crippen LogP contribution in [0.3, 0.4) is 0 Å². The van der Waals surface area contributed by atoms with Crippen LogP contribution >= 0.6 is 0 Å². The Bertz CT molecular complexity index is 472. The summed E-state index contributed by atoms with van der Waals surface area (Å²) in [6, 6.07) is 5.17. The summed E-state index contributed by atoms with van der Waals surface area (Å²) in [7, 11) is 0. The molecule has 18 heavy (non-hydrogen) atoms. The maximum atomic E-state index is 12.6. The molecule has 0 atom stereocenters. The topological polar surface area (TPSA) is 27.0 Å². The van der Waals surface area contributed by atoms with E-state index in [1.54, 1.807) is 12.1 Å². The smallest absolute Gasteiger partial charge is 0.368 e. The number of rotatable bonds is 4. The molecular weight excluding hydrogens is 241 g/mol. The summed E-state index contributed by atoms with van der Waals surface area (Å²) in [5.74, 6) is 0. The van der Waals surface area contributed by atoms with Crippen molar-refractivity contribution < 1.29 is 13.2 Å². The average Bonchev–Trinajstić information content (AvgIpc) is 2.34. The number of hydrogen-bond acceptors (Lipinski definition) is 2. The lowest BCUT2D eigenvalue weighted by Crippen LogP contribution is -2.22. The third-order valence-corrected chi connectivity index (χ3v) is 2.53. The fourth-order valence-corrected chi connectivity index (χ4v) is 1.64. The van der Waals surface area contributed by atoms with E-state index in [1.165, 1.54) is 12.1 Å². The zero-order chi connectivity index (χ0) is 13.8. The van der Waals surface area contributed by atoms with Gasteiger partial charge in [0.2, 0.25) is 0 Å². The van der Waals surface area contributed by atoms with Crippen molar-refractivity contribution in [3.63, 3.8) is 0 Å². The molecule has 0 aliphatic carbocycles. The van der Waals surface area contributed by atoms with Gasteiger partial charge < -0.3 is 4.90 Å². The lowest BCUT2D eigenvalue weighted by Gasteiger charge is -2.22. The zero-order valence-corrected chi connectivity index (χ0v) is 9.96. The highest BCUT2D eigenvalue weighted by molar-refractivity contribution is 5.55. The van der Waals surface area contributed by atoms with E-state index in [0.29, 0.717) is 18.8 Å². The molecule has 0 spiro atoms. The highest BCUT2D eigenvalue weighted by atomic mass is 19.4. The van der Waals surface area contributed by atoms with Crippen LogP contribution in [-0.2, 0) is 6.18 Å². The van der Waals surface area contributed by atoms with Gasteiger partial charge in [0.05, 0.1) is 17.2 Å². The van der Waals surface area contributed by atoms with E-state index in [0.717, 1.165) is 6.07 Å². The molecule has 5 heteroatoms. The summed E-state index contributed by atoms with van der Waals surface area (Å²) in [5, 5.41) is 8.80. The molecule has 0 amide bonds. The number of likely N-dealkylation sites (N-methyl/N-ethyl adjacent to an activating group) is 1. The Balaban J connectivity index is 3.21. The summed E-state index contributed by atoms with van der Waals surface area (Å²) in [5.41, 5.74) is -0.673. The Morgan fingerprint density at radius 1 is 1.44 bits per heavy atom. The van der Waals surface area contributed by atoms with Crippen LogP contribution in [0.5, 0.6) is 0 Å². The van der Waals surface area contributed by atoms with E-state index in [9.17, 15) is 13.2 Å². The van der Waals surface area contributed by atoms with Crippen LogP contribution < -0.4 is 4.90 Å². The minimum Gasteiger partial charge on any atom is -0.368 e. The summed E-state index contributed by atoms with van der Waals surface area (Å²) in [6.07, 6.45) is -2.84. The molecule has 0 aliphatic rings. The van der Waals surface area contributed by atoms with E-state index in [4.69, 9.17) is 5.26 Å². The Kier molecular flexibility index (Phi) is 4.38. The molecule has 0 saturated carbocycles. The van der Waals surface area contributed by atoms with Crippen molar-refractivity contribution in [2.24, 2.45) is 0 Å². The number of hydrogen-bond donors (Lipinski definition) is 0. The van der Waals surface area contributed by atoms with Crippen LogP contribution in [0.25, 0.3) is 0 Å². The fraction of sp³-hybridized carbons (Fsp3) is 0.308. The predicted molar refractivity (Wildman–Crippen MR) is 64.2 cm³/mol. The first-order valence-electron chi connectivity index (χ1n) is 5.41. The van der Waals surface area contributed by atoms with Gasteiger partial charge >= 0.3 is 6.18 Å². The number of anilines is 1. The van der Waals surface area contributed by atoms with Gasteiger partial charge in [-0.1, -0.05) is 6.08 Å². The Hall–Kier alpha value is -1.96. The predicted octanol–water partition coefficient (Wildman–Crippen LogP) is 3.59. The van der Waals surface area contributed by atoms with Gasteiger partial charge in [-0.3, -0.25) is 0 Å². The van der Waals surface area contributed by atoms with E-state index >= 15 is 0 Å². The first-order valence-corrected chi connectivity index (χ1v) is 5.41. The Morgan fingerprint density at radius 3 is 2.56 bits per heavy atom. The van der Waals surface area contributed by atoms with Gasteiger partial charge in [0.15, 0.2) is 0 Å². The van der Waals surface area contributed by atoms with Gasteiger partial charge in [-0.15, -0.1) is 6.58 Å². The van der Waals surface area contributed by atoms with Gasteiger partial charge in [0.1, 0.15) is 0 Å². The third-order valence-electron chi connectivity index (χ3n) is 2.53. The maximum Gasteiger partial charge on any atom is 0.417 e. The van der Waals surface area contributed by atoms with Crippen molar-refractivity contribution in [3.05, 3.63) is 42.0 Å². The SMILES string of the molecule is C=CCN(CC)c1ccc(C(F)(F)F)c(C#N)c1. The second kappa shape index (κ2) is 5.58. The second-order valence-electron chi connectivity index (χ2n) is 3.67. The van der Waals surface area contributed by atoms with Gasteiger partial charge in [-0.05, 0) is 25.1 Å². The van der Waals surface area contributed by atoms with Crippen LogP contribution in [0.2, 0.25) is 0 Å². The standard InChI is InChI=1S/C13H13F3N2/c1-3-7-18(4-2)11-5-6-12(13(14,15)16)10(8-11)9-17/h3,5-6,8H,1,4,7H2,2H3. The minimum atomic E-state index is -4.50. The van der Waals surface area contributed by atoms with E-state index < -0.39 is 11.7 Å². The van der Waals surface area contributed by atoms with Crippen LogP contribution in [0.4, 0.5) is 18.9 Å². The van der Waals surface area contributed by atoms with Crippen molar-refractivity contribution in [1.82, 2.24) is 0 Å². The van der Waals surface area contributed by atoms with Crippen LogP contribution in [0.1, 0.15) is 18.1 Å². The van der Waals surface area contributed by atoms with E-state index in [1.807, 2.05) is 11.8 Å². The van der Waals surface area contributed by atoms with E-state index in [2.05, 4.69) is 6.58 Å². The molecule has 0 unspecified atom stereocenters. The Labute approximate surface area is 104 Å². The number of benzene rings is 1. The average molecular weight is 254 g/mol. The molecule has 0 radical (unpaired) electrons. The van der Waals surface area contributed by atoms with Crippen LogP contribution in [0, 0.1) is 11.3 Å². The van der Waals surface area contributed by atoms with Crippen molar-refractivity contribution in [2.45, 2.75) is 13.1 Å². The van der Waals surface area contributed by atoms with E-state index in [-0.39, 0.29) is 5.56 Å². The largest absolute Gasteiger partial charge is 0.417 e. The molecule has 1 aromatic rings. The summed E-state index contributed by atoms with van der Waals surface area (Å²) >= 11 is 0. The third kappa shape index (κ3) is 3.04. The van der Waals surface area contributed by atoms with Gasteiger partial charge in [0, 0.05) is 18.8 Å². The Morgan fingerprint density at radius 2 is 2.11 bits per heavy atom. The van der Waals surface area contributed by atoms with Gasteiger partial charge in [-0.2, -0.15) is 18.4 Å². The van der Waals surface area contributed by atoms with Crippen molar-refractivity contribution in [1.29, 1.82) is 5.26 Å². The molecule has 0 heterocycles. The molecular formula is C13H13F3N2. The minimum absolute atomic E-state index is 0.359. The molecule has 0 fully saturated rings. The van der Waals surface area contributed by atoms with Crippen LogP contribution in [0.15, 0.2) is 30.9 Å². The number of alkyl halides is 3. The molecule has 0 bridgehead atoms. The zero-order valence-electron chi connectivity index (χ0n) is 9.96. The normalized spacial score (nSPS) is 10.8. The molecule has 1 rings (SSSR count). The number of halogens is 3. The second-order valence-corrected chi connectivity index (χ2v) is 3.67. The summed E-state index contributed by atoms with van der Waals surface area (Å²) in [6.45, 7) is 6.62. The number of nitrogens with zero attached hydrogens (tertiary/aromatic N) is 2. The summed E-state index contributed by atoms with van der Waals surface area (Å²) in [4.78, 5) is 1.83. The summed E-state index contributed by atoms with van der Waals surface area (Å²) < 4.78 is 37.9. The number of nitriles is 1. The van der Waals surface area contributed by atoms with Crippen molar-refractivity contribution in [2.75, 3.05) is 18.0 Å². The maximum absolute atomic E-state index is 12.6. The molecule has 2 nitrogen and oxygen atoms in total. The molecule has 0 saturated heterocycles. The highest BCUT2D eigenvalue weighted by Crippen LogP contribution is 2.33. The molecule has 0 aliphatic heterocycles. The van der Waals surface area contributed by atoms with Gasteiger partial charge in [0.25, 0.3) is 0 Å². The highest BCUT2D eigenvalue weighted by Gasteiger charge is 2.33. The molecule has 0 N–H and O–H groups in total. The molecule has 1 aromatic carbocycles. The first kappa shape index (κ1) is 14.1. The molecule has 96 valence electrons. The van der Waals surface area contributed by atoms with Crippen molar-refractivity contribution >= 4 is 5.69 Å².